The molecular weight excluding hydrogens is 267 g/mol. The Morgan fingerprint density at radius 2 is 1.95 bits per heavy atom. The molecule has 0 atom stereocenters. The first kappa shape index (κ1) is 14.8. The third-order valence-corrected chi connectivity index (χ3v) is 2.99. The maximum Gasteiger partial charge on any atom is 0.258 e. The molecule has 0 saturated carbocycles. The third kappa shape index (κ3) is 3.47. The van der Waals surface area contributed by atoms with Gasteiger partial charge in [-0.2, -0.15) is 0 Å². The average molecular weight is 282 g/mol. The Hall–Kier alpha value is -2.64. The van der Waals surface area contributed by atoms with Crippen molar-refractivity contribution in [2.45, 2.75) is 0 Å². The van der Waals surface area contributed by atoms with E-state index in [0.717, 1.165) is 5.69 Å². The SMILES string of the molecule is CN(C(=O)c1ccc(C#CCN)c(F)c1)c1ccccc1. The number of nitrogens with two attached hydrogens (primary N) is 1. The molecule has 0 bridgehead atoms. The molecule has 4 heteroatoms. The molecule has 21 heavy (non-hydrogen) atoms. The minimum Gasteiger partial charge on any atom is -0.320 e. The van der Waals surface area contributed by atoms with Gasteiger partial charge in [0.1, 0.15) is 5.82 Å². The van der Waals surface area contributed by atoms with Crippen LogP contribution in [0.2, 0.25) is 0 Å². The van der Waals surface area contributed by atoms with Crippen molar-refractivity contribution in [3.05, 3.63) is 65.5 Å². The number of carbonyl (C=O) groups excluding carboxylic acids is 1. The molecule has 1 amide bonds. The molecule has 0 aliphatic carbocycles. The van der Waals surface area contributed by atoms with E-state index in [1.54, 1.807) is 13.1 Å². The number of rotatable bonds is 2. The maximum absolute atomic E-state index is 13.9. The zero-order valence-corrected chi connectivity index (χ0v) is 11.6. The smallest absolute Gasteiger partial charge is 0.258 e. The minimum absolute atomic E-state index is 0.164. The van der Waals surface area contributed by atoms with Gasteiger partial charge in [-0.15, -0.1) is 0 Å². The van der Waals surface area contributed by atoms with Gasteiger partial charge in [0.05, 0.1) is 12.1 Å². The fourth-order valence-corrected chi connectivity index (χ4v) is 1.86. The van der Waals surface area contributed by atoms with E-state index in [2.05, 4.69) is 11.8 Å². The maximum atomic E-state index is 13.9. The fraction of sp³-hybridized carbons (Fsp3) is 0.118. The third-order valence-electron chi connectivity index (χ3n) is 2.99. The zero-order valence-electron chi connectivity index (χ0n) is 11.6. The van der Waals surface area contributed by atoms with Gasteiger partial charge in [0.2, 0.25) is 0 Å². The highest BCUT2D eigenvalue weighted by Crippen LogP contribution is 2.16. The van der Waals surface area contributed by atoms with Gasteiger partial charge in [0.15, 0.2) is 0 Å². The second-order valence-electron chi connectivity index (χ2n) is 4.40. The summed E-state index contributed by atoms with van der Waals surface area (Å²) >= 11 is 0. The normalized spacial score (nSPS) is 9.67. The van der Waals surface area contributed by atoms with E-state index in [1.807, 2.05) is 30.3 Å². The lowest BCUT2D eigenvalue weighted by molar-refractivity contribution is 0.0992. The number of anilines is 1. The first-order valence-electron chi connectivity index (χ1n) is 6.45. The molecule has 106 valence electrons. The molecule has 2 aromatic carbocycles. The van der Waals surface area contributed by atoms with Crippen LogP contribution in [-0.2, 0) is 0 Å². The Kier molecular flexibility index (Phi) is 4.70. The van der Waals surface area contributed by atoms with Gasteiger partial charge in [-0.05, 0) is 30.3 Å². The van der Waals surface area contributed by atoms with Crippen LogP contribution in [-0.4, -0.2) is 19.5 Å². The molecule has 0 aliphatic heterocycles. The van der Waals surface area contributed by atoms with Gasteiger partial charge >= 0.3 is 0 Å². The Bertz CT molecular complexity index is 702. The largest absolute Gasteiger partial charge is 0.320 e. The van der Waals surface area contributed by atoms with Gasteiger partial charge in [0.25, 0.3) is 5.91 Å². The zero-order chi connectivity index (χ0) is 15.2. The number of benzene rings is 2. The summed E-state index contributed by atoms with van der Waals surface area (Å²) in [6.07, 6.45) is 0. The van der Waals surface area contributed by atoms with Gasteiger partial charge in [0, 0.05) is 18.3 Å². The monoisotopic (exact) mass is 282 g/mol. The van der Waals surface area contributed by atoms with E-state index in [9.17, 15) is 9.18 Å². The highest BCUT2D eigenvalue weighted by molar-refractivity contribution is 6.05. The lowest BCUT2D eigenvalue weighted by atomic mass is 10.1. The predicted molar refractivity (Wildman–Crippen MR) is 81.5 cm³/mol. The molecule has 2 aromatic rings. The highest BCUT2D eigenvalue weighted by Gasteiger charge is 2.14. The molecule has 2 N–H and O–H groups in total. The summed E-state index contributed by atoms with van der Waals surface area (Å²) in [6.45, 7) is 0.164. The second kappa shape index (κ2) is 6.69. The van der Waals surface area contributed by atoms with Gasteiger partial charge in [-0.1, -0.05) is 30.0 Å². The van der Waals surface area contributed by atoms with E-state index in [-0.39, 0.29) is 23.6 Å². The second-order valence-corrected chi connectivity index (χ2v) is 4.40. The number of halogens is 1. The summed E-state index contributed by atoms with van der Waals surface area (Å²) in [5.74, 6) is 4.41. The van der Waals surface area contributed by atoms with Crippen LogP contribution in [0.25, 0.3) is 0 Å². The van der Waals surface area contributed by atoms with Crippen LogP contribution in [0.4, 0.5) is 10.1 Å². The summed E-state index contributed by atoms with van der Waals surface area (Å²) in [6, 6.07) is 13.4. The van der Waals surface area contributed by atoms with E-state index in [4.69, 9.17) is 5.73 Å². The van der Waals surface area contributed by atoms with E-state index in [0.29, 0.717) is 0 Å². The van der Waals surface area contributed by atoms with Crippen LogP contribution in [0.1, 0.15) is 15.9 Å². The van der Waals surface area contributed by atoms with Crippen LogP contribution in [0.15, 0.2) is 48.5 Å². The quantitative estimate of drug-likeness (QED) is 0.860. The Balaban J connectivity index is 2.26. The Morgan fingerprint density at radius 3 is 2.57 bits per heavy atom. The first-order chi connectivity index (χ1) is 10.1. The molecular formula is C17H15FN2O. The van der Waals surface area contributed by atoms with Gasteiger partial charge in [-0.25, -0.2) is 4.39 Å². The molecule has 0 unspecified atom stereocenters. The summed E-state index contributed by atoms with van der Waals surface area (Å²) in [7, 11) is 1.65. The van der Waals surface area contributed by atoms with Crippen molar-refractivity contribution in [1.29, 1.82) is 0 Å². The molecule has 0 heterocycles. The lowest BCUT2D eigenvalue weighted by Gasteiger charge is -2.17. The molecule has 3 nitrogen and oxygen atoms in total. The van der Waals surface area contributed by atoms with Gasteiger partial charge < -0.3 is 10.6 Å². The van der Waals surface area contributed by atoms with Crippen LogP contribution >= 0.6 is 0 Å². The fourth-order valence-electron chi connectivity index (χ4n) is 1.86. The summed E-state index contributed by atoms with van der Waals surface area (Å²) in [4.78, 5) is 13.8. The van der Waals surface area contributed by atoms with E-state index < -0.39 is 5.82 Å². The van der Waals surface area contributed by atoms with Crippen molar-refractivity contribution >= 4 is 11.6 Å². The molecule has 0 saturated heterocycles. The molecule has 0 spiro atoms. The number of amides is 1. The Labute approximate surface area is 123 Å². The number of para-hydroxylation sites is 1. The summed E-state index contributed by atoms with van der Waals surface area (Å²) in [5.41, 5.74) is 6.51. The van der Waals surface area contributed by atoms with Crippen molar-refractivity contribution in [3.63, 3.8) is 0 Å². The molecule has 0 radical (unpaired) electrons. The standard InChI is InChI=1S/C17H15FN2O/c1-20(15-7-3-2-4-8-15)17(21)14-10-9-13(6-5-11-19)16(18)12-14/h2-4,7-10,12H,11,19H2,1H3. The number of hydrogen-bond acceptors (Lipinski definition) is 2. The summed E-state index contributed by atoms with van der Waals surface area (Å²) < 4.78 is 13.9. The molecule has 0 aliphatic rings. The van der Waals surface area contributed by atoms with Crippen molar-refractivity contribution in [1.82, 2.24) is 0 Å². The van der Waals surface area contributed by atoms with Crippen LogP contribution in [0.5, 0.6) is 0 Å². The van der Waals surface area contributed by atoms with Crippen LogP contribution < -0.4 is 10.6 Å². The van der Waals surface area contributed by atoms with E-state index in [1.165, 1.54) is 17.0 Å². The molecule has 0 aromatic heterocycles. The first-order valence-corrected chi connectivity index (χ1v) is 6.45. The number of nitrogens with zero attached hydrogens (tertiary/aromatic N) is 1. The van der Waals surface area contributed by atoms with E-state index >= 15 is 0 Å². The van der Waals surface area contributed by atoms with Crippen molar-refractivity contribution in [2.24, 2.45) is 5.73 Å². The minimum atomic E-state index is -0.525. The molecule has 0 fully saturated rings. The summed E-state index contributed by atoms with van der Waals surface area (Å²) in [5, 5.41) is 0. The predicted octanol–water partition coefficient (Wildman–Crippen LogP) is 2.41. The van der Waals surface area contributed by atoms with Crippen LogP contribution in [0.3, 0.4) is 0 Å². The topological polar surface area (TPSA) is 46.3 Å². The average Bonchev–Trinajstić information content (AvgIpc) is 2.53. The lowest BCUT2D eigenvalue weighted by Crippen LogP contribution is -2.26. The number of hydrogen-bond donors (Lipinski definition) is 1. The van der Waals surface area contributed by atoms with Gasteiger partial charge in [-0.3, -0.25) is 4.79 Å². The van der Waals surface area contributed by atoms with Crippen molar-refractivity contribution in [3.8, 4) is 11.8 Å². The highest BCUT2D eigenvalue weighted by atomic mass is 19.1. The Morgan fingerprint density at radius 1 is 1.24 bits per heavy atom. The van der Waals surface area contributed by atoms with Crippen LogP contribution in [0, 0.1) is 17.7 Å². The van der Waals surface area contributed by atoms with Crippen molar-refractivity contribution < 1.29 is 9.18 Å². The van der Waals surface area contributed by atoms with Crippen molar-refractivity contribution in [2.75, 3.05) is 18.5 Å². The number of carbonyl (C=O) groups is 1. The molecule has 2 rings (SSSR count).